The zero-order valence-electron chi connectivity index (χ0n) is 13.4. The van der Waals surface area contributed by atoms with E-state index in [4.69, 9.17) is 10.5 Å². The van der Waals surface area contributed by atoms with Gasteiger partial charge in [-0.15, -0.1) is 0 Å². The molecule has 2 N–H and O–H groups in total. The van der Waals surface area contributed by atoms with Gasteiger partial charge in [0.1, 0.15) is 0 Å². The van der Waals surface area contributed by atoms with Crippen LogP contribution in [0.3, 0.4) is 0 Å². The first-order valence-electron chi connectivity index (χ1n) is 8.41. The third kappa shape index (κ3) is 3.94. The van der Waals surface area contributed by atoms with Gasteiger partial charge in [0, 0.05) is 31.8 Å². The third-order valence-electron chi connectivity index (χ3n) is 5.39. The van der Waals surface area contributed by atoms with Gasteiger partial charge in [-0.05, 0) is 64.7 Å². The van der Waals surface area contributed by atoms with Gasteiger partial charge in [-0.1, -0.05) is 6.92 Å². The first kappa shape index (κ1) is 16.2. The van der Waals surface area contributed by atoms with Crippen molar-refractivity contribution in [1.29, 1.82) is 0 Å². The van der Waals surface area contributed by atoms with Crippen molar-refractivity contribution in [2.45, 2.75) is 44.6 Å². The number of hydrogen-bond donors (Lipinski definition) is 1. The van der Waals surface area contributed by atoms with E-state index in [1.807, 2.05) is 0 Å². The van der Waals surface area contributed by atoms with Crippen LogP contribution in [0, 0.1) is 5.92 Å². The van der Waals surface area contributed by atoms with Gasteiger partial charge in [-0.3, -0.25) is 4.90 Å². The van der Waals surface area contributed by atoms with Crippen LogP contribution >= 0.6 is 0 Å². The molecule has 0 radical (unpaired) electrons. The number of likely N-dealkylation sites (tertiary alicyclic amines) is 1. The van der Waals surface area contributed by atoms with Gasteiger partial charge in [-0.2, -0.15) is 0 Å². The Morgan fingerprint density at radius 2 is 1.90 bits per heavy atom. The number of likely N-dealkylation sites (N-methyl/N-ethyl adjacent to an activating group) is 1. The summed E-state index contributed by atoms with van der Waals surface area (Å²) < 4.78 is 5.47. The Kier molecular flexibility index (Phi) is 6.27. The number of hydrogen-bond acceptors (Lipinski definition) is 4. The molecule has 0 saturated carbocycles. The summed E-state index contributed by atoms with van der Waals surface area (Å²) >= 11 is 0. The smallest absolute Gasteiger partial charge is 0.0469 e. The molecule has 2 aliphatic heterocycles. The molecule has 4 heteroatoms. The zero-order chi connectivity index (χ0) is 14.4. The fraction of sp³-hybridized carbons (Fsp3) is 1.00. The van der Waals surface area contributed by atoms with Crippen molar-refractivity contribution < 1.29 is 4.74 Å². The Labute approximate surface area is 124 Å². The Hall–Kier alpha value is -0.160. The van der Waals surface area contributed by atoms with Gasteiger partial charge in [-0.25, -0.2) is 0 Å². The van der Waals surface area contributed by atoms with Gasteiger partial charge < -0.3 is 15.4 Å². The van der Waals surface area contributed by atoms with E-state index < -0.39 is 0 Å². The highest BCUT2D eigenvalue weighted by molar-refractivity contribution is 4.95. The molecule has 2 fully saturated rings. The number of piperidine rings is 1. The molecule has 4 nitrogen and oxygen atoms in total. The first-order chi connectivity index (χ1) is 9.70. The summed E-state index contributed by atoms with van der Waals surface area (Å²) in [4.78, 5) is 5.17. The van der Waals surface area contributed by atoms with Gasteiger partial charge in [0.25, 0.3) is 0 Å². The van der Waals surface area contributed by atoms with Crippen molar-refractivity contribution in [3.63, 3.8) is 0 Å². The average molecular weight is 283 g/mol. The van der Waals surface area contributed by atoms with Crippen LogP contribution in [0.1, 0.15) is 39.0 Å². The molecule has 0 bridgehead atoms. The summed E-state index contributed by atoms with van der Waals surface area (Å²) in [6.07, 6.45) is 6.14. The van der Waals surface area contributed by atoms with Crippen LogP contribution in [-0.4, -0.2) is 68.3 Å². The van der Waals surface area contributed by atoms with Gasteiger partial charge in [0.15, 0.2) is 0 Å². The molecule has 0 aromatic rings. The normalized spacial score (nSPS) is 25.2. The van der Waals surface area contributed by atoms with Crippen LogP contribution < -0.4 is 5.73 Å². The molecule has 0 unspecified atom stereocenters. The lowest BCUT2D eigenvalue weighted by Crippen LogP contribution is -2.59. The lowest BCUT2D eigenvalue weighted by Gasteiger charge is -2.48. The van der Waals surface area contributed by atoms with E-state index in [1.165, 1.54) is 58.3 Å². The number of nitrogens with zero attached hydrogens (tertiary/aromatic N) is 2. The average Bonchev–Trinajstić information content (AvgIpc) is 2.49. The molecule has 0 atom stereocenters. The topological polar surface area (TPSA) is 41.7 Å². The number of nitrogens with two attached hydrogens (primary N) is 1. The molecular weight excluding hydrogens is 250 g/mol. The SMILES string of the molecule is CCCN1CCC(CN)(N(C)CC2CCOCC2)CC1. The largest absolute Gasteiger partial charge is 0.381 e. The molecule has 20 heavy (non-hydrogen) atoms. The van der Waals surface area contributed by atoms with Crippen molar-refractivity contribution >= 4 is 0 Å². The Bertz CT molecular complexity index is 271. The fourth-order valence-corrected chi connectivity index (χ4v) is 3.76. The molecule has 0 spiro atoms. The standard InChI is InChI=1S/C16H33N3O/c1-3-8-19-9-6-16(14-17,7-10-19)18(2)13-15-4-11-20-12-5-15/h15H,3-14,17H2,1-2H3. The maximum Gasteiger partial charge on any atom is 0.0469 e. The lowest BCUT2D eigenvalue weighted by atomic mass is 9.84. The second-order valence-electron chi connectivity index (χ2n) is 6.71. The Balaban J connectivity index is 1.86. The van der Waals surface area contributed by atoms with Crippen LogP contribution in [0.4, 0.5) is 0 Å². The maximum atomic E-state index is 6.18. The molecule has 2 saturated heterocycles. The van der Waals surface area contributed by atoms with Crippen molar-refractivity contribution in [3.05, 3.63) is 0 Å². The Morgan fingerprint density at radius 1 is 1.25 bits per heavy atom. The van der Waals surface area contributed by atoms with Crippen molar-refractivity contribution in [3.8, 4) is 0 Å². The van der Waals surface area contributed by atoms with Crippen molar-refractivity contribution in [2.24, 2.45) is 11.7 Å². The van der Waals surface area contributed by atoms with Crippen molar-refractivity contribution in [1.82, 2.24) is 9.80 Å². The van der Waals surface area contributed by atoms with E-state index in [1.54, 1.807) is 0 Å². The van der Waals surface area contributed by atoms with Crippen molar-refractivity contribution in [2.75, 3.05) is 53.0 Å². The first-order valence-corrected chi connectivity index (χ1v) is 8.41. The minimum atomic E-state index is 0.239. The van der Waals surface area contributed by atoms with E-state index in [-0.39, 0.29) is 5.54 Å². The quantitative estimate of drug-likeness (QED) is 0.803. The molecular formula is C16H33N3O. The van der Waals surface area contributed by atoms with E-state index in [0.717, 1.165) is 25.7 Å². The minimum absolute atomic E-state index is 0.239. The van der Waals surface area contributed by atoms with Crippen LogP contribution in [0.2, 0.25) is 0 Å². The second-order valence-corrected chi connectivity index (χ2v) is 6.71. The van der Waals surface area contributed by atoms with E-state index in [2.05, 4.69) is 23.8 Å². The Morgan fingerprint density at radius 3 is 2.45 bits per heavy atom. The zero-order valence-corrected chi connectivity index (χ0v) is 13.4. The minimum Gasteiger partial charge on any atom is -0.381 e. The van der Waals surface area contributed by atoms with Gasteiger partial charge in [0.2, 0.25) is 0 Å². The summed E-state index contributed by atoms with van der Waals surface area (Å²) in [5.41, 5.74) is 6.42. The van der Waals surface area contributed by atoms with E-state index >= 15 is 0 Å². The van der Waals surface area contributed by atoms with E-state index in [0.29, 0.717) is 0 Å². The fourth-order valence-electron chi connectivity index (χ4n) is 3.76. The van der Waals surface area contributed by atoms with Crippen LogP contribution in [0.25, 0.3) is 0 Å². The summed E-state index contributed by atoms with van der Waals surface area (Å²) in [6.45, 7) is 9.80. The molecule has 118 valence electrons. The molecule has 0 aromatic heterocycles. The number of ether oxygens (including phenoxy) is 1. The third-order valence-corrected chi connectivity index (χ3v) is 5.39. The summed E-state index contributed by atoms with van der Waals surface area (Å²) in [7, 11) is 2.29. The van der Waals surface area contributed by atoms with Crippen LogP contribution in [0.5, 0.6) is 0 Å². The second kappa shape index (κ2) is 7.74. The highest BCUT2D eigenvalue weighted by Gasteiger charge is 2.37. The summed E-state index contributed by atoms with van der Waals surface area (Å²) in [6, 6.07) is 0. The molecule has 2 aliphatic rings. The predicted molar refractivity (Wildman–Crippen MR) is 83.9 cm³/mol. The maximum absolute atomic E-state index is 6.18. The highest BCUT2D eigenvalue weighted by atomic mass is 16.5. The lowest BCUT2D eigenvalue weighted by molar-refractivity contribution is 0.00883. The summed E-state index contributed by atoms with van der Waals surface area (Å²) in [5, 5.41) is 0. The number of rotatable bonds is 6. The highest BCUT2D eigenvalue weighted by Crippen LogP contribution is 2.29. The molecule has 0 amide bonds. The molecule has 2 rings (SSSR count). The van der Waals surface area contributed by atoms with Crippen LogP contribution in [-0.2, 0) is 4.74 Å². The molecule has 2 heterocycles. The van der Waals surface area contributed by atoms with Gasteiger partial charge >= 0.3 is 0 Å². The monoisotopic (exact) mass is 283 g/mol. The van der Waals surface area contributed by atoms with Gasteiger partial charge in [0.05, 0.1) is 0 Å². The predicted octanol–water partition coefficient (Wildman–Crippen LogP) is 1.55. The van der Waals surface area contributed by atoms with E-state index in [9.17, 15) is 0 Å². The molecule has 0 aliphatic carbocycles. The molecule has 0 aromatic carbocycles. The summed E-state index contributed by atoms with van der Waals surface area (Å²) in [5.74, 6) is 0.797. The van der Waals surface area contributed by atoms with Crippen LogP contribution in [0.15, 0.2) is 0 Å².